The Morgan fingerprint density at radius 2 is 0.676 bits per heavy atom. The van der Waals surface area contributed by atoms with Crippen LogP contribution < -0.4 is 0 Å². The fourth-order valence-corrected chi connectivity index (χ4v) is 11.0. The Morgan fingerprint density at radius 3 is 1.25 bits per heavy atom. The monoisotopic (exact) mass is 901 g/mol. The summed E-state index contributed by atoms with van der Waals surface area (Å²) in [6, 6.07) is 88.7. The van der Waals surface area contributed by atoms with Crippen LogP contribution in [0.4, 0.5) is 0 Å². The lowest BCUT2D eigenvalue weighted by atomic mass is 9.84. The minimum Gasteiger partial charge on any atom is -0.294 e. The molecule has 0 saturated carbocycles. The Balaban J connectivity index is 0.870. The first-order valence-electron chi connectivity index (χ1n) is 24.3. The van der Waals surface area contributed by atoms with Crippen molar-refractivity contribution in [1.29, 1.82) is 0 Å². The number of rotatable bonds is 7. The molecule has 0 radical (unpaired) electrons. The van der Waals surface area contributed by atoms with E-state index < -0.39 is 0 Å². The van der Waals surface area contributed by atoms with E-state index in [-0.39, 0.29) is 0 Å². The molecule has 0 spiro atoms. The van der Waals surface area contributed by atoms with Crippen molar-refractivity contribution >= 4 is 64.9 Å². The number of nitrogens with zero attached hydrogens (tertiary/aromatic N) is 3. The van der Waals surface area contributed by atoms with Gasteiger partial charge in [0, 0.05) is 34.9 Å². The molecule has 0 fully saturated rings. The van der Waals surface area contributed by atoms with Gasteiger partial charge in [-0.15, -0.1) is 0 Å². The number of fused-ring (bicyclic) bond motifs is 7. The highest BCUT2D eigenvalue weighted by molar-refractivity contribution is 6.22. The first-order valence-corrected chi connectivity index (χ1v) is 24.3. The minimum absolute atomic E-state index is 0.880. The maximum absolute atomic E-state index is 5.02. The Hall–Kier alpha value is -9.44. The Kier molecular flexibility index (Phi) is 9.53. The van der Waals surface area contributed by atoms with Gasteiger partial charge in [-0.1, -0.05) is 200 Å². The minimum atomic E-state index is 0.880. The standard InChI is InChI=1S/C68H43N3/c1-3-11-52-39-54(31-25-44(52)9-1)46-21-27-50(28-22-46)67-59-14-5-6-15-60(59)68(51-29-23-47(24-30-51)55-32-26-45-10-2-4-12-53(45)40-55)62-41-56(33-35-61(62)67)48-17-19-49(20-18-48)57-34-36-66(70-42-57)71-64-16-8-7-13-58(64)63-43-69-38-37-65(63)71/h1-43H. The van der Waals surface area contributed by atoms with Crippen molar-refractivity contribution in [3.8, 4) is 72.6 Å². The summed E-state index contributed by atoms with van der Waals surface area (Å²) in [6.45, 7) is 0. The molecule has 0 atom stereocenters. The highest BCUT2D eigenvalue weighted by Gasteiger charge is 2.19. The van der Waals surface area contributed by atoms with Crippen molar-refractivity contribution < 1.29 is 0 Å². The summed E-state index contributed by atoms with van der Waals surface area (Å²) in [5.41, 5.74) is 16.4. The second-order valence-corrected chi connectivity index (χ2v) is 18.6. The summed E-state index contributed by atoms with van der Waals surface area (Å²) in [6.07, 6.45) is 5.78. The number of hydrogen-bond acceptors (Lipinski definition) is 2. The largest absolute Gasteiger partial charge is 0.294 e. The molecule has 11 aromatic carbocycles. The van der Waals surface area contributed by atoms with Crippen LogP contribution in [0.15, 0.2) is 261 Å². The molecule has 0 aliphatic heterocycles. The van der Waals surface area contributed by atoms with Gasteiger partial charge in [0.1, 0.15) is 5.82 Å². The van der Waals surface area contributed by atoms with E-state index in [2.05, 4.69) is 252 Å². The molecule has 3 heterocycles. The normalized spacial score (nSPS) is 11.7. The van der Waals surface area contributed by atoms with Crippen molar-refractivity contribution in [2.45, 2.75) is 0 Å². The van der Waals surface area contributed by atoms with Crippen LogP contribution in [0.3, 0.4) is 0 Å². The topological polar surface area (TPSA) is 30.7 Å². The lowest BCUT2D eigenvalue weighted by Crippen LogP contribution is -1.97. The third-order valence-corrected chi connectivity index (χ3v) is 14.5. The van der Waals surface area contributed by atoms with Crippen LogP contribution in [0, 0.1) is 0 Å². The van der Waals surface area contributed by atoms with Crippen molar-refractivity contribution in [1.82, 2.24) is 14.5 Å². The van der Waals surface area contributed by atoms with Gasteiger partial charge in [0.05, 0.1) is 11.0 Å². The number of para-hydroxylation sites is 1. The third-order valence-electron chi connectivity index (χ3n) is 14.5. The molecule has 3 heteroatoms. The number of benzene rings is 11. The van der Waals surface area contributed by atoms with Gasteiger partial charge in [0.25, 0.3) is 0 Å². The first kappa shape index (κ1) is 40.6. The van der Waals surface area contributed by atoms with Crippen molar-refractivity contribution in [2.24, 2.45) is 0 Å². The molecule has 0 aliphatic carbocycles. The van der Waals surface area contributed by atoms with E-state index in [1.54, 1.807) is 0 Å². The van der Waals surface area contributed by atoms with Crippen LogP contribution in [-0.2, 0) is 0 Å². The highest BCUT2D eigenvalue weighted by Crippen LogP contribution is 2.46. The molecule has 330 valence electrons. The van der Waals surface area contributed by atoms with Gasteiger partial charge in [-0.3, -0.25) is 9.55 Å². The molecule has 0 aliphatic rings. The van der Waals surface area contributed by atoms with E-state index in [4.69, 9.17) is 4.98 Å². The smallest absolute Gasteiger partial charge is 0.137 e. The van der Waals surface area contributed by atoms with Gasteiger partial charge in [-0.05, 0) is 147 Å². The van der Waals surface area contributed by atoms with E-state index in [0.29, 0.717) is 0 Å². The molecular weight excluding hydrogens is 859 g/mol. The molecule has 14 aromatic rings. The summed E-state index contributed by atoms with van der Waals surface area (Å²) in [5.74, 6) is 0.880. The Morgan fingerprint density at radius 1 is 0.254 bits per heavy atom. The third kappa shape index (κ3) is 6.97. The Bertz CT molecular complexity index is 4300. The molecule has 0 bridgehead atoms. The molecule has 14 rings (SSSR count). The average Bonchev–Trinajstić information content (AvgIpc) is 3.79. The van der Waals surface area contributed by atoms with E-state index >= 15 is 0 Å². The SMILES string of the molecule is c1ccc2cc(-c3ccc(-c4c5ccccc5c(-c5ccc(-c6ccc7ccccc7c6)cc5)c5cc(-c6ccc(-c7ccc(-n8c9ccccc9c9cnccc98)nc7)cc6)ccc45)cc3)ccc2c1. The van der Waals surface area contributed by atoms with Gasteiger partial charge < -0.3 is 0 Å². The fourth-order valence-electron chi connectivity index (χ4n) is 11.0. The summed E-state index contributed by atoms with van der Waals surface area (Å²) in [7, 11) is 0. The van der Waals surface area contributed by atoms with Crippen molar-refractivity contribution in [2.75, 3.05) is 0 Å². The van der Waals surface area contributed by atoms with Crippen LogP contribution in [-0.4, -0.2) is 14.5 Å². The molecule has 3 nitrogen and oxygen atoms in total. The zero-order valence-electron chi connectivity index (χ0n) is 38.7. The number of hydrogen-bond donors (Lipinski definition) is 0. The van der Waals surface area contributed by atoms with E-state index in [0.717, 1.165) is 38.9 Å². The molecule has 0 amide bonds. The van der Waals surface area contributed by atoms with E-state index in [1.807, 2.05) is 18.6 Å². The molecule has 0 N–H and O–H groups in total. The van der Waals surface area contributed by atoms with Crippen LogP contribution in [0.25, 0.3) is 137 Å². The summed E-state index contributed by atoms with van der Waals surface area (Å²) >= 11 is 0. The van der Waals surface area contributed by atoms with Crippen LogP contribution in [0.2, 0.25) is 0 Å². The molecular formula is C68H43N3. The maximum Gasteiger partial charge on any atom is 0.137 e. The van der Waals surface area contributed by atoms with Crippen LogP contribution in [0.5, 0.6) is 0 Å². The van der Waals surface area contributed by atoms with Gasteiger partial charge in [0.15, 0.2) is 0 Å². The number of pyridine rings is 2. The lowest BCUT2D eigenvalue weighted by Gasteiger charge is -2.19. The molecule has 0 unspecified atom stereocenters. The van der Waals surface area contributed by atoms with Gasteiger partial charge in [-0.2, -0.15) is 0 Å². The van der Waals surface area contributed by atoms with Crippen molar-refractivity contribution in [3.05, 3.63) is 261 Å². The maximum atomic E-state index is 5.02. The zero-order valence-corrected chi connectivity index (χ0v) is 38.7. The highest BCUT2D eigenvalue weighted by atomic mass is 15.1. The van der Waals surface area contributed by atoms with Crippen LogP contribution in [0.1, 0.15) is 0 Å². The fraction of sp³-hybridized carbons (Fsp3) is 0. The second-order valence-electron chi connectivity index (χ2n) is 18.6. The quantitative estimate of drug-likeness (QED) is 0.149. The predicted octanol–water partition coefficient (Wildman–Crippen LogP) is 18.2. The van der Waals surface area contributed by atoms with Gasteiger partial charge in [0.2, 0.25) is 0 Å². The molecule has 3 aromatic heterocycles. The van der Waals surface area contributed by atoms with Crippen LogP contribution >= 0.6 is 0 Å². The van der Waals surface area contributed by atoms with E-state index in [9.17, 15) is 0 Å². The molecule has 71 heavy (non-hydrogen) atoms. The van der Waals surface area contributed by atoms with Gasteiger partial charge >= 0.3 is 0 Å². The second kappa shape index (κ2) is 16.7. The summed E-state index contributed by atoms with van der Waals surface area (Å²) in [5, 5.41) is 12.2. The predicted molar refractivity (Wildman–Crippen MR) is 299 cm³/mol. The lowest BCUT2D eigenvalue weighted by molar-refractivity contribution is 1.08. The Labute approximate surface area is 411 Å². The zero-order chi connectivity index (χ0) is 46.8. The van der Waals surface area contributed by atoms with Crippen molar-refractivity contribution in [3.63, 3.8) is 0 Å². The summed E-state index contributed by atoms with van der Waals surface area (Å²) < 4.78 is 2.22. The molecule has 0 saturated heterocycles. The van der Waals surface area contributed by atoms with E-state index in [1.165, 1.54) is 98.5 Å². The van der Waals surface area contributed by atoms with Gasteiger partial charge in [-0.25, -0.2) is 4.98 Å². The average molecular weight is 902 g/mol. The summed E-state index contributed by atoms with van der Waals surface area (Å²) in [4.78, 5) is 9.43. The first-order chi connectivity index (χ1) is 35.2. The number of aromatic nitrogens is 3.